The molecule has 0 spiro atoms. The first-order valence-electron chi connectivity index (χ1n) is 12.6. The Hall–Kier alpha value is -3.08. The normalized spacial score (nSPS) is 14.4. The van der Waals surface area contributed by atoms with Gasteiger partial charge in [0.25, 0.3) is 6.47 Å². The third-order valence-corrected chi connectivity index (χ3v) is 6.45. The van der Waals surface area contributed by atoms with Crippen LogP contribution in [-0.2, 0) is 33.9 Å². The number of aromatic nitrogens is 2. The minimum absolute atomic E-state index is 0.0464. The number of unbranched alkanes of at least 4 members (excludes halogenated alkanes) is 2. The van der Waals surface area contributed by atoms with Crippen LogP contribution >= 0.6 is 0 Å². The topological polar surface area (TPSA) is 103 Å². The Morgan fingerprint density at radius 1 is 1.24 bits per heavy atom. The van der Waals surface area contributed by atoms with Crippen molar-refractivity contribution in [3.05, 3.63) is 28.8 Å². The van der Waals surface area contributed by atoms with Crippen molar-refractivity contribution < 1.29 is 37.3 Å². The van der Waals surface area contributed by atoms with Crippen LogP contribution in [0.15, 0.2) is 12.1 Å². The highest BCUT2D eigenvalue weighted by molar-refractivity contribution is 5.76. The molecule has 1 atom stereocenters. The van der Waals surface area contributed by atoms with Gasteiger partial charge in [0.2, 0.25) is 0 Å². The maximum absolute atomic E-state index is 12.8. The van der Waals surface area contributed by atoms with Crippen molar-refractivity contribution in [2.75, 3.05) is 18.5 Å². The molecule has 11 heteroatoms. The lowest BCUT2D eigenvalue weighted by molar-refractivity contribution is -0.274. The molecule has 204 valence electrons. The van der Waals surface area contributed by atoms with Gasteiger partial charge < -0.3 is 24.6 Å². The maximum atomic E-state index is 12.8. The van der Waals surface area contributed by atoms with E-state index in [4.69, 9.17) is 9.47 Å². The number of nitrogens with one attached hydrogen (secondary N) is 1. The summed E-state index contributed by atoms with van der Waals surface area (Å²) < 4.78 is 53.2. The van der Waals surface area contributed by atoms with Crippen LogP contribution in [-0.4, -0.2) is 41.3 Å². The molecule has 1 aliphatic heterocycles. The van der Waals surface area contributed by atoms with Crippen molar-refractivity contribution in [3.8, 4) is 22.8 Å². The summed E-state index contributed by atoms with van der Waals surface area (Å²) in [6.07, 6.45) is 1.69. The van der Waals surface area contributed by atoms with Crippen molar-refractivity contribution in [2.24, 2.45) is 5.92 Å². The van der Waals surface area contributed by atoms with Crippen molar-refractivity contribution >= 4 is 12.3 Å². The van der Waals surface area contributed by atoms with Crippen LogP contribution in [0.1, 0.15) is 69.1 Å². The van der Waals surface area contributed by atoms with Gasteiger partial charge in [-0.15, -0.1) is 23.4 Å². The number of nitrogens with zero attached hydrogens (tertiary/aromatic N) is 2. The minimum atomic E-state index is -4.91. The fraction of sp³-hybridized carbons (Fsp3) is 0.577. The Morgan fingerprint density at radius 3 is 2.76 bits per heavy atom. The molecule has 0 saturated heterocycles. The SMILES string of the molecule is CCCCCC(CC)CNc1nnc2c(c1COC=O)CCCOCc1cc(OC(F)(F)F)cc(O)c1-2. The molecule has 0 fully saturated rings. The molecule has 2 N–H and O–H groups in total. The number of hydrogen-bond acceptors (Lipinski definition) is 8. The summed E-state index contributed by atoms with van der Waals surface area (Å²) in [5, 5.41) is 22.9. The van der Waals surface area contributed by atoms with Crippen LogP contribution in [0, 0.1) is 5.92 Å². The lowest BCUT2D eigenvalue weighted by Crippen LogP contribution is -2.18. The fourth-order valence-electron chi connectivity index (χ4n) is 4.54. The first kappa shape index (κ1) is 28.5. The average molecular weight is 526 g/mol. The van der Waals surface area contributed by atoms with Gasteiger partial charge in [0.1, 0.15) is 23.8 Å². The van der Waals surface area contributed by atoms with E-state index in [1.54, 1.807) is 0 Å². The zero-order valence-electron chi connectivity index (χ0n) is 21.2. The summed E-state index contributed by atoms with van der Waals surface area (Å²) in [6.45, 7) is 5.54. The van der Waals surface area contributed by atoms with Crippen molar-refractivity contribution in [1.29, 1.82) is 0 Å². The predicted molar refractivity (Wildman–Crippen MR) is 131 cm³/mol. The highest BCUT2D eigenvalue weighted by Gasteiger charge is 2.32. The molecule has 1 aromatic heterocycles. The van der Waals surface area contributed by atoms with Gasteiger partial charge in [0, 0.05) is 30.3 Å². The molecule has 0 amide bonds. The molecule has 1 aliphatic rings. The first-order valence-corrected chi connectivity index (χ1v) is 12.6. The second-order valence-electron chi connectivity index (χ2n) is 9.09. The molecule has 2 aromatic rings. The largest absolute Gasteiger partial charge is 0.573 e. The summed E-state index contributed by atoms with van der Waals surface area (Å²) in [5.74, 6) is -0.0864. The fourth-order valence-corrected chi connectivity index (χ4v) is 4.54. The maximum Gasteiger partial charge on any atom is 0.573 e. The highest BCUT2D eigenvalue weighted by Crippen LogP contribution is 2.41. The second-order valence-corrected chi connectivity index (χ2v) is 9.09. The summed E-state index contributed by atoms with van der Waals surface area (Å²) in [6, 6.07) is 2.07. The van der Waals surface area contributed by atoms with E-state index >= 15 is 0 Å². The summed E-state index contributed by atoms with van der Waals surface area (Å²) in [5.41, 5.74) is 2.10. The Labute approximate surface area is 214 Å². The Morgan fingerprint density at radius 2 is 2.05 bits per heavy atom. The molecule has 1 aromatic carbocycles. The van der Waals surface area contributed by atoms with E-state index in [1.165, 1.54) is 12.5 Å². The van der Waals surface area contributed by atoms with Crippen LogP contribution in [0.5, 0.6) is 11.5 Å². The van der Waals surface area contributed by atoms with Gasteiger partial charge >= 0.3 is 6.36 Å². The van der Waals surface area contributed by atoms with Crippen LogP contribution in [0.2, 0.25) is 0 Å². The van der Waals surface area contributed by atoms with E-state index in [0.717, 1.165) is 31.7 Å². The lowest BCUT2D eigenvalue weighted by Gasteiger charge is -2.21. The Kier molecular flexibility index (Phi) is 10.4. The van der Waals surface area contributed by atoms with Gasteiger partial charge in [-0.1, -0.05) is 39.5 Å². The number of fused-ring (bicyclic) bond motifs is 3. The number of anilines is 1. The lowest BCUT2D eigenvalue weighted by atomic mass is 9.94. The molecule has 2 heterocycles. The van der Waals surface area contributed by atoms with Gasteiger partial charge in [0.05, 0.1) is 6.61 Å². The molecule has 0 saturated carbocycles. The third-order valence-electron chi connectivity index (χ3n) is 6.45. The Balaban J connectivity index is 2.03. The quantitative estimate of drug-likeness (QED) is 0.261. The van der Waals surface area contributed by atoms with Crippen LogP contribution in [0.25, 0.3) is 11.3 Å². The van der Waals surface area contributed by atoms with E-state index < -0.39 is 17.9 Å². The number of carbonyl (C=O) groups excluding carboxylic acids is 1. The van der Waals surface area contributed by atoms with Crippen molar-refractivity contribution in [2.45, 2.75) is 78.4 Å². The number of rotatable bonds is 12. The van der Waals surface area contributed by atoms with E-state index in [0.29, 0.717) is 61.0 Å². The summed E-state index contributed by atoms with van der Waals surface area (Å²) >= 11 is 0. The zero-order valence-corrected chi connectivity index (χ0v) is 21.2. The zero-order chi connectivity index (χ0) is 26.8. The van der Waals surface area contributed by atoms with Gasteiger partial charge in [-0.2, -0.15) is 0 Å². The molecule has 3 rings (SSSR count). The van der Waals surface area contributed by atoms with Crippen LogP contribution < -0.4 is 10.1 Å². The molecular formula is C26H34F3N3O5. The van der Waals surface area contributed by atoms with E-state index in [9.17, 15) is 23.1 Å². The molecule has 37 heavy (non-hydrogen) atoms. The Bertz CT molecular complexity index is 1050. The number of alkyl halides is 3. The highest BCUT2D eigenvalue weighted by atomic mass is 19.4. The van der Waals surface area contributed by atoms with Gasteiger partial charge in [-0.3, -0.25) is 4.79 Å². The average Bonchev–Trinajstić information content (AvgIpc) is 2.93. The smallest absolute Gasteiger partial charge is 0.507 e. The minimum Gasteiger partial charge on any atom is -0.507 e. The molecule has 1 unspecified atom stereocenters. The molecular weight excluding hydrogens is 491 g/mol. The van der Waals surface area contributed by atoms with Gasteiger partial charge in [-0.05, 0) is 42.4 Å². The van der Waals surface area contributed by atoms with Gasteiger partial charge in [-0.25, -0.2) is 0 Å². The van der Waals surface area contributed by atoms with E-state index in [2.05, 4.69) is 34.1 Å². The summed E-state index contributed by atoms with van der Waals surface area (Å²) in [7, 11) is 0. The molecule has 0 radical (unpaired) electrons. The van der Waals surface area contributed by atoms with Crippen LogP contribution in [0.4, 0.5) is 19.0 Å². The molecule has 0 bridgehead atoms. The van der Waals surface area contributed by atoms with Crippen LogP contribution in [0.3, 0.4) is 0 Å². The number of ether oxygens (including phenoxy) is 3. The predicted octanol–water partition coefficient (Wildman–Crippen LogP) is 5.90. The van der Waals surface area contributed by atoms with Crippen molar-refractivity contribution in [3.63, 3.8) is 0 Å². The molecule has 0 aliphatic carbocycles. The third kappa shape index (κ3) is 7.95. The van der Waals surface area contributed by atoms with E-state index in [1.807, 2.05) is 0 Å². The number of aromatic hydroxyl groups is 1. The first-order chi connectivity index (χ1) is 17.8. The number of phenolic OH excluding ortho intramolecular Hbond substituents is 1. The summed E-state index contributed by atoms with van der Waals surface area (Å²) in [4.78, 5) is 11.1. The number of hydrogen-bond donors (Lipinski definition) is 2. The number of carbonyl (C=O) groups is 1. The number of phenols is 1. The van der Waals surface area contributed by atoms with Crippen molar-refractivity contribution in [1.82, 2.24) is 10.2 Å². The molecule has 8 nitrogen and oxygen atoms in total. The van der Waals surface area contributed by atoms with E-state index in [-0.39, 0.29) is 24.3 Å². The van der Waals surface area contributed by atoms with Gasteiger partial charge in [0.15, 0.2) is 5.82 Å². The number of halogens is 3. The number of benzene rings is 1. The second kappa shape index (κ2) is 13.5. The monoisotopic (exact) mass is 525 g/mol. The standard InChI is InChI=1S/C26H34F3N3O5/c1-3-5-6-8-17(4-2)13-30-25-21(15-36-16-33)20-9-7-10-35-14-18-11-19(37-26(27,28)29)12-22(34)23(18)24(20)31-32-25/h11-12,16-17,34H,3-10,13-15H2,1-2H3,(H,30,32).